The highest BCUT2D eigenvalue weighted by Gasteiger charge is 2.16. The summed E-state index contributed by atoms with van der Waals surface area (Å²) in [5.74, 6) is 0.259. The fourth-order valence-electron chi connectivity index (χ4n) is 3.44. The lowest BCUT2D eigenvalue weighted by Gasteiger charge is -2.33. The van der Waals surface area contributed by atoms with E-state index in [9.17, 15) is 5.11 Å². The van der Waals surface area contributed by atoms with Gasteiger partial charge in [-0.3, -0.25) is 9.91 Å². The highest BCUT2D eigenvalue weighted by Crippen LogP contribution is 2.25. The maximum atomic E-state index is 10.2. The third-order valence-electron chi connectivity index (χ3n) is 5.00. The minimum absolute atomic E-state index is 0.259. The molecule has 138 valence electrons. The molecule has 0 aromatic heterocycles. The van der Waals surface area contributed by atoms with Gasteiger partial charge in [0, 0.05) is 43.3 Å². The second kappa shape index (κ2) is 7.99. The maximum absolute atomic E-state index is 10.2. The van der Waals surface area contributed by atoms with Crippen molar-refractivity contribution in [1.82, 2.24) is 9.91 Å². The van der Waals surface area contributed by atoms with Crippen LogP contribution in [0.2, 0.25) is 5.02 Å². The predicted octanol–water partition coefficient (Wildman–Crippen LogP) is 4.35. The standard InChI is InChI=1S/C22H22ClN3O/c23-21-8-4-2-6-18(21)16-25-11-13-26(14-12-25)24-15-20-19-7-3-1-5-17(19)9-10-22(20)27/h1-10,15,27H,11-14,16H2/b24-15+. The monoisotopic (exact) mass is 379 g/mol. The molecule has 1 fully saturated rings. The van der Waals surface area contributed by atoms with Gasteiger partial charge in [0.05, 0.1) is 6.21 Å². The number of hydrogen-bond donors (Lipinski definition) is 1. The largest absolute Gasteiger partial charge is 0.507 e. The van der Waals surface area contributed by atoms with E-state index in [0.717, 1.165) is 59.6 Å². The second-order valence-electron chi connectivity index (χ2n) is 6.79. The number of aromatic hydroxyl groups is 1. The zero-order chi connectivity index (χ0) is 18.6. The minimum atomic E-state index is 0.259. The lowest BCUT2D eigenvalue weighted by Crippen LogP contribution is -2.43. The van der Waals surface area contributed by atoms with Crippen molar-refractivity contribution >= 4 is 28.6 Å². The molecular weight excluding hydrogens is 358 g/mol. The quantitative estimate of drug-likeness (QED) is 0.685. The molecule has 5 heteroatoms. The number of hydrogen-bond acceptors (Lipinski definition) is 4. The maximum Gasteiger partial charge on any atom is 0.125 e. The molecular formula is C22H22ClN3O. The van der Waals surface area contributed by atoms with Crippen molar-refractivity contribution in [2.45, 2.75) is 6.54 Å². The number of phenols is 1. The van der Waals surface area contributed by atoms with Gasteiger partial charge >= 0.3 is 0 Å². The van der Waals surface area contributed by atoms with Gasteiger partial charge in [-0.1, -0.05) is 60.1 Å². The van der Waals surface area contributed by atoms with Crippen LogP contribution < -0.4 is 0 Å². The first kappa shape index (κ1) is 17.8. The number of nitrogens with zero attached hydrogens (tertiary/aromatic N) is 3. The second-order valence-corrected chi connectivity index (χ2v) is 7.19. The Bertz CT molecular complexity index is 965. The SMILES string of the molecule is Oc1ccc2ccccc2c1/C=N/N1CCN(Cc2ccccc2Cl)CC1. The van der Waals surface area contributed by atoms with Crippen LogP contribution in [0.4, 0.5) is 0 Å². The number of rotatable bonds is 4. The summed E-state index contributed by atoms with van der Waals surface area (Å²) in [4.78, 5) is 2.39. The van der Waals surface area contributed by atoms with Gasteiger partial charge in [-0.15, -0.1) is 0 Å². The zero-order valence-electron chi connectivity index (χ0n) is 15.1. The van der Waals surface area contributed by atoms with E-state index in [-0.39, 0.29) is 5.75 Å². The summed E-state index contributed by atoms with van der Waals surface area (Å²) >= 11 is 6.27. The lowest BCUT2D eigenvalue weighted by atomic mass is 10.0. The smallest absolute Gasteiger partial charge is 0.125 e. The first-order valence-corrected chi connectivity index (χ1v) is 9.54. The molecule has 0 bridgehead atoms. The normalized spacial score (nSPS) is 15.7. The Morgan fingerprint density at radius 1 is 0.926 bits per heavy atom. The molecule has 0 spiro atoms. The minimum Gasteiger partial charge on any atom is -0.507 e. The molecule has 27 heavy (non-hydrogen) atoms. The average molecular weight is 380 g/mol. The average Bonchev–Trinajstić information content (AvgIpc) is 2.70. The third-order valence-corrected chi connectivity index (χ3v) is 5.37. The number of piperazine rings is 1. The van der Waals surface area contributed by atoms with E-state index in [2.05, 4.69) is 21.1 Å². The Kier molecular flexibility index (Phi) is 5.28. The van der Waals surface area contributed by atoms with Gasteiger partial charge in [0.2, 0.25) is 0 Å². The summed E-state index contributed by atoms with van der Waals surface area (Å²) in [6.07, 6.45) is 1.78. The molecule has 3 aromatic rings. The van der Waals surface area contributed by atoms with Crippen LogP contribution in [0.25, 0.3) is 10.8 Å². The van der Waals surface area contributed by atoms with Crippen LogP contribution in [0.15, 0.2) is 65.8 Å². The molecule has 0 radical (unpaired) electrons. The van der Waals surface area contributed by atoms with Crippen LogP contribution in [-0.2, 0) is 6.54 Å². The van der Waals surface area contributed by atoms with Crippen molar-refractivity contribution in [2.75, 3.05) is 26.2 Å². The first-order valence-electron chi connectivity index (χ1n) is 9.16. The van der Waals surface area contributed by atoms with Crippen molar-refractivity contribution in [2.24, 2.45) is 5.10 Å². The predicted molar refractivity (Wildman–Crippen MR) is 112 cm³/mol. The third kappa shape index (κ3) is 4.07. The van der Waals surface area contributed by atoms with Crippen LogP contribution >= 0.6 is 11.6 Å². The first-order chi connectivity index (χ1) is 13.2. The summed E-state index contributed by atoms with van der Waals surface area (Å²) in [5, 5.41) is 19.9. The Balaban J connectivity index is 1.41. The van der Waals surface area contributed by atoms with Crippen molar-refractivity contribution in [3.63, 3.8) is 0 Å². The van der Waals surface area contributed by atoms with Crippen LogP contribution in [0, 0.1) is 0 Å². The van der Waals surface area contributed by atoms with Gasteiger partial charge in [0.15, 0.2) is 0 Å². The molecule has 4 nitrogen and oxygen atoms in total. The summed E-state index contributed by atoms with van der Waals surface area (Å²) in [6, 6.07) is 19.7. The number of hydrazone groups is 1. The van der Waals surface area contributed by atoms with E-state index >= 15 is 0 Å². The highest BCUT2D eigenvalue weighted by atomic mass is 35.5. The van der Waals surface area contributed by atoms with Gasteiger partial charge in [-0.05, 0) is 28.5 Å². The molecule has 0 aliphatic carbocycles. The number of fused-ring (bicyclic) bond motifs is 1. The molecule has 1 aliphatic heterocycles. The molecule has 3 aromatic carbocycles. The van der Waals surface area contributed by atoms with Crippen LogP contribution in [0.1, 0.15) is 11.1 Å². The Morgan fingerprint density at radius 3 is 2.48 bits per heavy atom. The van der Waals surface area contributed by atoms with E-state index in [1.807, 2.05) is 48.5 Å². The van der Waals surface area contributed by atoms with Crippen molar-refractivity contribution < 1.29 is 5.11 Å². The highest BCUT2D eigenvalue weighted by molar-refractivity contribution is 6.31. The zero-order valence-corrected chi connectivity index (χ0v) is 15.8. The van der Waals surface area contributed by atoms with Crippen LogP contribution in [0.5, 0.6) is 5.75 Å². The van der Waals surface area contributed by atoms with Crippen molar-refractivity contribution in [1.29, 1.82) is 0 Å². The fourth-order valence-corrected chi connectivity index (χ4v) is 3.63. The van der Waals surface area contributed by atoms with Crippen molar-refractivity contribution in [3.8, 4) is 5.75 Å². The Morgan fingerprint density at radius 2 is 1.67 bits per heavy atom. The van der Waals surface area contributed by atoms with E-state index in [1.54, 1.807) is 12.3 Å². The van der Waals surface area contributed by atoms with Crippen molar-refractivity contribution in [3.05, 3.63) is 76.8 Å². The van der Waals surface area contributed by atoms with E-state index in [1.165, 1.54) is 0 Å². The van der Waals surface area contributed by atoms with Crippen LogP contribution in [-0.4, -0.2) is 47.4 Å². The molecule has 0 amide bonds. The van der Waals surface area contributed by atoms with Gasteiger partial charge in [-0.2, -0.15) is 5.10 Å². The number of halogens is 1. The molecule has 1 heterocycles. The topological polar surface area (TPSA) is 39.1 Å². The molecule has 0 atom stereocenters. The fraction of sp³-hybridized carbons (Fsp3) is 0.227. The Hall–Kier alpha value is -2.56. The van der Waals surface area contributed by atoms with Gasteiger partial charge in [0.25, 0.3) is 0 Å². The molecule has 1 aliphatic rings. The molecule has 4 rings (SSSR count). The molecule has 1 saturated heterocycles. The van der Waals surface area contributed by atoms with Crippen LogP contribution in [0.3, 0.4) is 0 Å². The molecule has 0 saturated carbocycles. The van der Waals surface area contributed by atoms with E-state index in [0.29, 0.717) is 0 Å². The number of phenolic OH excluding ortho intramolecular Hbond substituents is 1. The van der Waals surface area contributed by atoms with Gasteiger partial charge < -0.3 is 5.11 Å². The number of benzene rings is 3. The summed E-state index contributed by atoms with van der Waals surface area (Å²) < 4.78 is 0. The summed E-state index contributed by atoms with van der Waals surface area (Å²) in [5.41, 5.74) is 1.93. The lowest BCUT2D eigenvalue weighted by molar-refractivity contribution is 0.131. The Labute approximate surface area is 164 Å². The summed E-state index contributed by atoms with van der Waals surface area (Å²) in [6.45, 7) is 4.44. The van der Waals surface area contributed by atoms with Gasteiger partial charge in [0.1, 0.15) is 5.75 Å². The summed E-state index contributed by atoms with van der Waals surface area (Å²) in [7, 11) is 0. The van der Waals surface area contributed by atoms with E-state index < -0.39 is 0 Å². The van der Waals surface area contributed by atoms with Gasteiger partial charge in [-0.25, -0.2) is 0 Å². The molecule has 1 N–H and O–H groups in total. The van der Waals surface area contributed by atoms with E-state index in [4.69, 9.17) is 11.6 Å². The molecule has 0 unspecified atom stereocenters.